The molecular formula is C19H30BrN3O4. The molecular weight excluding hydrogens is 414 g/mol. The number of nitrogens with one attached hydrogen (secondary N) is 1. The minimum Gasteiger partial charge on any atom is -0.458 e. The average Bonchev–Trinajstić information content (AvgIpc) is 2.93. The van der Waals surface area contributed by atoms with Gasteiger partial charge in [0, 0.05) is 26.3 Å². The standard InChI is InChI=1S/C19H30BrN3O4/c1-17(2,3)27-15(24)12-26-19(16-22-14(20)11-23(16)4)7-5-18(6-8-19)13-21-9-10-25-18/h11,21H,5-10,12-13H2,1-4H3. The summed E-state index contributed by atoms with van der Waals surface area (Å²) in [4.78, 5) is 16.9. The summed E-state index contributed by atoms with van der Waals surface area (Å²) in [5, 5.41) is 3.44. The fourth-order valence-electron chi connectivity index (χ4n) is 3.99. The number of morpholine rings is 1. The summed E-state index contributed by atoms with van der Waals surface area (Å²) in [6, 6.07) is 0. The summed E-state index contributed by atoms with van der Waals surface area (Å²) in [5.74, 6) is 0.475. The van der Waals surface area contributed by atoms with Crippen molar-refractivity contribution in [3.8, 4) is 0 Å². The Kier molecular flexibility index (Phi) is 6.01. The fraction of sp³-hybridized carbons (Fsp3) is 0.789. The quantitative estimate of drug-likeness (QED) is 0.720. The van der Waals surface area contributed by atoms with E-state index < -0.39 is 11.2 Å². The van der Waals surface area contributed by atoms with Crippen LogP contribution in [0.4, 0.5) is 0 Å². The van der Waals surface area contributed by atoms with Crippen molar-refractivity contribution in [2.24, 2.45) is 7.05 Å². The molecule has 1 spiro atoms. The van der Waals surface area contributed by atoms with Crippen LogP contribution >= 0.6 is 15.9 Å². The molecule has 0 aromatic carbocycles. The Balaban J connectivity index is 1.77. The second-order valence-corrected chi connectivity index (χ2v) is 9.39. The van der Waals surface area contributed by atoms with Gasteiger partial charge in [0.15, 0.2) is 0 Å². The van der Waals surface area contributed by atoms with Crippen LogP contribution < -0.4 is 5.32 Å². The molecule has 1 aliphatic carbocycles. The highest BCUT2D eigenvalue weighted by Gasteiger charge is 2.48. The molecule has 27 heavy (non-hydrogen) atoms. The van der Waals surface area contributed by atoms with Crippen LogP contribution in [0, 0.1) is 0 Å². The molecule has 0 amide bonds. The highest BCUT2D eigenvalue weighted by Crippen LogP contribution is 2.45. The number of ether oxygens (including phenoxy) is 3. The van der Waals surface area contributed by atoms with Gasteiger partial charge in [-0.2, -0.15) is 0 Å². The summed E-state index contributed by atoms with van der Waals surface area (Å²) >= 11 is 3.45. The zero-order valence-electron chi connectivity index (χ0n) is 16.6. The molecule has 0 radical (unpaired) electrons. The van der Waals surface area contributed by atoms with Crippen molar-refractivity contribution in [1.82, 2.24) is 14.9 Å². The minimum absolute atomic E-state index is 0.0894. The molecule has 0 bridgehead atoms. The largest absolute Gasteiger partial charge is 0.458 e. The summed E-state index contributed by atoms with van der Waals surface area (Å²) < 4.78 is 20.5. The molecule has 7 nitrogen and oxygen atoms in total. The summed E-state index contributed by atoms with van der Waals surface area (Å²) in [5.41, 5.74) is -1.29. The normalized spacial score (nSPS) is 29.1. The number of halogens is 1. The highest BCUT2D eigenvalue weighted by molar-refractivity contribution is 9.10. The van der Waals surface area contributed by atoms with Crippen LogP contribution in [0.3, 0.4) is 0 Å². The van der Waals surface area contributed by atoms with E-state index in [-0.39, 0.29) is 18.2 Å². The van der Waals surface area contributed by atoms with E-state index >= 15 is 0 Å². The van der Waals surface area contributed by atoms with Gasteiger partial charge in [-0.25, -0.2) is 9.78 Å². The third-order valence-corrected chi connectivity index (χ3v) is 5.63. The van der Waals surface area contributed by atoms with Gasteiger partial charge in [-0.3, -0.25) is 0 Å². The van der Waals surface area contributed by atoms with Gasteiger partial charge in [-0.1, -0.05) is 0 Å². The molecule has 0 unspecified atom stereocenters. The van der Waals surface area contributed by atoms with Gasteiger partial charge in [0.05, 0.1) is 12.2 Å². The predicted molar refractivity (Wildman–Crippen MR) is 104 cm³/mol. The molecule has 8 heteroatoms. The van der Waals surface area contributed by atoms with Crippen molar-refractivity contribution in [2.45, 2.75) is 63.3 Å². The molecule has 2 fully saturated rings. The molecule has 1 saturated heterocycles. The number of imidazole rings is 1. The van der Waals surface area contributed by atoms with Crippen LogP contribution in [0.15, 0.2) is 10.8 Å². The van der Waals surface area contributed by atoms with Crippen molar-refractivity contribution in [3.05, 3.63) is 16.6 Å². The second kappa shape index (κ2) is 7.81. The second-order valence-electron chi connectivity index (χ2n) is 8.58. The van der Waals surface area contributed by atoms with Gasteiger partial charge in [-0.15, -0.1) is 0 Å². The van der Waals surface area contributed by atoms with E-state index in [1.807, 2.05) is 38.6 Å². The van der Waals surface area contributed by atoms with Crippen LogP contribution in [-0.2, 0) is 31.7 Å². The topological polar surface area (TPSA) is 74.6 Å². The van der Waals surface area contributed by atoms with Gasteiger partial charge in [0.1, 0.15) is 28.2 Å². The lowest BCUT2D eigenvalue weighted by Gasteiger charge is -2.47. The molecule has 2 aliphatic rings. The maximum atomic E-state index is 12.2. The van der Waals surface area contributed by atoms with E-state index in [2.05, 4.69) is 26.2 Å². The smallest absolute Gasteiger partial charge is 0.332 e. The maximum Gasteiger partial charge on any atom is 0.332 e. The molecule has 1 aromatic rings. The van der Waals surface area contributed by atoms with E-state index in [1.165, 1.54) is 0 Å². The lowest BCUT2D eigenvalue weighted by Crippen LogP contribution is -2.54. The number of esters is 1. The number of aromatic nitrogens is 2. The number of carbonyl (C=O) groups excluding carboxylic acids is 1. The van der Waals surface area contributed by atoms with Crippen LogP contribution in [0.5, 0.6) is 0 Å². The van der Waals surface area contributed by atoms with Crippen LogP contribution in [-0.4, -0.2) is 53.0 Å². The zero-order valence-corrected chi connectivity index (χ0v) is 18.2. The summed E-state index contributed by atoms with van der Waals surface area (Å²) in [6.07, 6.45) is 5.12. The van der Waals surface area contributed by atoms with Gasteiger partial charge in [-0.05, 0) is 62.4 Å². The Labute approximate surface area is 169 Å². The van der Waals surface area contributed by atoms with Crippen molar-refractivity contribution in [2.75, 3.05) is 26.3 Å². The first-order valence-electron chi connectivity index (χ1n) is 9.53. The first-order valence-corrected chi connectivity index (χ1v) is 10.3. The summed E-state index contributed by atoms with van der Waals surface area (Å²) in [6.45, 7) is 7.97. The van der Waals surface area contributed by atoms with E-state index in [1.54, 1.807) is 0 Å². The van der Waals surface area contributed by atoms with E-state index in [4.69, 9.17) is 14.2 Å². The molecule has 1 saturated carbocycles. The highest BCUT2D eigenvalue weighted by atomic mass is 79.9. The number of hydrogen-bond acceptors (Lipinski definition) is 6. The van der Waals surface area contributed by atoms with Gasteiger partial charge in [0.2, 0.25) is 0 Å². The number of carbonyl (C=O) groups is 1. The van der Waals surface area contributed by atoms with Gasteiger partial charge < -0.3 is 24.1 Å². The molecule has 1 aromatic heterocycles. The molecule has 2 heterocycles. The Hall–Kier alpha value is -0.960. The minimum atomic E-state index is -0.621. The van der Waals surface area contributed by atoms with Crippen molar-refractivity contribution < 1.29 is 19.0 Å². The number of nitrogens with zero attached hydrogens (tertiary/aromatic N) is 2. The van der Waals surface area contributed by atoms with Crippen molar-refractivity contribution in [3.63, 3.8) is 0 Å². The van der Waals surface area contributed by atoms with Crippen LogP contribution in [0.1, 0.15) is 52.3 Å². The Morgan fingerprint density at radius 1 is 1.37 bits per heavy atom. The Bertz CT molecular complexity index is 667. The Morgan fingerprint density at radius 3 is 2.59 bits per heavy atom. The van der Waals surface area contributed by atoms with Crippen molar-refractivity contribution in [1.29, 1.82) is 0 Å². The van der Waals surface area contributed by atoms with Crippen molar-refractivity contribution >= 4 is 21.9 Å². The monoisotopic (exact) mass is 443 g/mol. The third kappa shape index (κ3) is 4.91. The van der Waals surface area contributed by atoms with E-state index in [0.717, 1.165) is 55.8 Å². The molecule has 3 rings (SSSR count). The lowest BCUT2D eigenvalue weighted by atomic mass is 9.74. The number of aryl methyl sites for hydroxylation is 1. The number of hydrogen-bond donors (Lipinski definition) is 1. The third-order valence-electron chi connectivity index (χ3n) is 5.24. The average molecular weight is 444 g/mol. The molecule has 152 valence electrons. The maximum absolute atomic E-state index is 12.2. The fourth-order valence-corrected chi connectivity index (χ4v) is 4.47. The SMILES string of the molecule is Cn1cc(Br)nc1C1(OCC(=O)OC(C)(C)C)CCC2(CC1)CNCCO2. The zero-order chi connectivity index (χ0) is 19.7. The lowest BCUT2D eigenvalue weighted by molar-refractivity contribution is -0.181. The number of rotatable bonds is 4. The van der Waals surface area contributed by atoms with E-state index in [9.17, 15) is 4.79 Å². The Morgan fingerprint density at radius 2 is 2.07 bits per heavy atom. The molecule has 1 N–H and O–H groups in total. The predicted octanol–water partition coefficient (Wildman–Crippen LogP) is 2.67. The first-order chi connectivity index (χ1) is 12.6. The molecule has 0 atom stereocenters. The van der Waals surface area contributed by atoms with Crippen LogP contribution in [0.2, 0.25) is 0 Å². The van der Waals surface area contributed by atoms with Gasteiger partial charge in [0.25, 0.3) is 0 Å². The van der Waals surface area contributed by atoms with E-state index in [0.29, 0.717) is 0 Å². The van der Waals surface area contributed by atoms with Gasteiger partial charge >= 0.3 is 5.97 Å². The molecule has 1 aliphatic heterocycles. The van der Waals surface area contributed by atoms with Crippen LogP contribution in [0.25, 0.3) is 0 Å². The first kappa shape index (κ1) is 20.8. The summed E-state index contributed by atoms with van der Waals surface area (Å²) in [7, 11) is 1.95.